The quantitative estimate of drug-likeness (QED) is 0.0431. The topological polar surface area (TPSA) is 189 Å². The Labute approximate surface area is 401 Å². The van der Waals surface area contributed by atoms with Crippen molar-refractivity contribution in [3.05, 3.63) is 75.8 Å². The molecule has 1 aliphatic heterocycles. The largest absolute Gasteiger partial charge is 0.490 e. The molecule has 1 aliphatic rings. The highest BCUT2D eigenvalue weighted by Gasteiger charge is 2.27. The lowest BCUT2D eigenvalue weighted by molar-refractivity contribution is -0.144. The number of pyridine rings is 1. The molecule has 0 aliphatic carbocycles. The maximum absolute atomic E-state index is 13.1. The maximum Gasteiger partial charge on any atom is 0.408 e. The molecule has 17 heteroatoms. The maximum atomic E-state index is 13.1. The second-order valence-corrected chi connectivity index (χ2v) is 20.0. The van der Waals surface area contributed by atoms with Crippen molar-refractivity contribution in [3.8, 4) is 39.6 Å². The van der Waals surface area contributed by atoms with Gasteiger partial charge >= 0.3 is 12.1 Å². The monoisotopic (exact) mass is 957 g/mol. The number of carbonyl (C=O) groups is 3. The van der Waals surface area contributed by atoms with Crippen LogP contribution >= 0.6 is 34.7 Å². The molecule has 0 radical (unpaired) electrons. The Morgan fingerprint density at radius 3 is 2.21 bits per heavy atom. The van der Waals surface area contributed by atoms with E-state index in [0.29, 0.717) is 69.1 Å². The smallest absolute Gasteiger partial charge is 0.408 e. The number of hydrogen-bond acceptors (Lipinski definition) is 14. The minimum Gasteiger partial charge on any atom is -0.490 e. The molecule has 66 heavy (non-hydrogen) atoms. The highest BCUT2D eigenvalue weighted by molar-refractivity contribution is 7.98. The van der Waals surface area contributed by atoms with Crippen molar-refractivity contribution in [2.75, 3.05) is 44.4 Å². The van der Waals surface area contributed by atoms with Gasteiger partial charge in [-0.2, -0.15) is 10.5 Å². The van der Waals surface area contributed by atoms with Crippen molar-refractivity contribution in [3.63, 3.8) is 0 Å². The Morgan fingerprint density at radius 2 is 1.55 bits per heavy atom. The first-order valence-corrected chi connectivity index (χ1v) is 24.5. The van der Waals surface area contributed by atoms with E-state index in [1.165, 1.54) is 23.1 Å². The predicted molar refractivity (Wildman–Crippen MR) is 259 cm³/mol. The van der Waals surface area contributed by atoms with Crippen LogP contribution < -0.4 is 20.3 Å². The molecular formula is C49H60ClN7O7S2. The summed E-state index contributed by atoms with van der Waals surface area (Å²) in [6.07, 6.45) is 5.03. The third-order valence-corrected chi connectivity index (χ3v) is 12.3. The van der Waals surface area contributed by atoms with Gasteiger partial charge in [0.1, 0.15) is 64.2 Å². The number of anilines is 1. The summed E-state index contributed by atoms with van der Waals surface area (Å²) in [6.45, 7) is 13.6. The summed E-state index contributed by atoms with van der Waals surface area (Å²) in [6, 6.07) is 18.5. The minimum absolute atomic E-state index is 0.0246. The Morgan fingerprint density at radius 1 is 0.864 bits per heavy atom. The van der Waals surface area contributed by atoms with E-state index < -0.39 is 29.6 Å². The molecule has 14 nitrogen and oxygen atoms in total. The standard InChI is InChI=1S/C49H60ClN7O7S2/c1-48(2,3)63-26-12-8-7-9-13-40(55-47(60)64-49(4,5)6)44(59)53-23-22-41(58)62-28-27-61-37-20-16-33(17-21-37)42-38(29-51)43(57-24-10-11-25-57)56-46(39(42)30-52)66-32-36-31-65-45(54-36)34-14-18-35(50)19-15-34/h14-21,31,40H,7-13,22-28,32H2,1-6H3,(H,53,59)(H,55,60)/t40-/m0/s1. The number of esters is 1. The fourth-order valence-corrected chi connectivity index (χ4v) is 8.90. The molecule has 1 fully saturated rings. The van der Waals surface area contributed by atoms with Crippen molar-refractivity contribution in [2.24, 2.45) is 0 Å². The number of nitrogens with one attached hydrogen (secondary N) is 2. The third-order valence-electron chi connectivity index (χ3n) is 10.1. The SMILES string of the molecule is CC(C)(C)OCCCCCC[C@H](NC(=O)OC(C)(C)C)C(=O)NCCC(=O)OCCOc1ccc(-c2c(C#N)c(SCc3csc(-c4ccc(Cl)cc4)n3)nc(N3CCCC3)c2C#N)cc1. The van der Waals surface area contributed by atoms with Crippen LogP contribution in [0.4, 0.5) is 10.6 Å². The van der Waals surface area contributed by atoms with Crippen LogP contribution in [0.5, 0.6) is 5.75 Å². The zero-order chi connectivity index (χ0) is 47.7. The van der Waals surface area contributed by atoms with Gasteiger partial charge < -0.3 is 34.5 Å². The van der Waals surface area contributed by atoms with Gasteiger partial charge in [0.05, 0.1) is 23.3 Å². The second kappa shape index (κ2) is 24.9. The highest BCUT2D eigenvalue weighted by atomic mass is 35.5. The van der Waals surface area contributed by atoms with Crippen LogP contribution in [0.3, 0.4) is 0 Å². The second-order valence-electron chi connectivity index (χ2n) is 17.7. The van der Waals surface area contributed by atoms with Crippen LogP contribution in [-0.4, -0.2) is 84.6 Å². The molecule has 2 aromatic carbocycles. The molecule has 2 N–H and O–H groups in total. The van der Waals surface area contributed by atoms with Crippen LogP contribution in [0, 0.1) is 22.7 Å². The van der Waals surface area contributed by atoms with Gasteiger partial charge in [-0.25, -0.2) is 14.8 Å². The van der Waals surface area contributed by atoms with Crippen LogP contribution in [-0.2, 0) is 29.6 Å². The van der Waals surface area contributed by atoms with Crippen molar-refractivity contribution in [2.45, 2.75) is 121 Å². The fourth-order valence-electron chi connectivity index (χ4n) is 6.97. The van der Waals surface area contributed by atoms with Gasteiger partial charge in [0.2, 0.25) is 5.91 Å². The molecule has 2 amide bonds. The summed E-state index contributed by atoms with van der Waals surface area (Å²) >= 11 is 9.03. The van der Waals surface area contributed by atoms with Crippen molar-refractivity contribution in [1.29, 1.82) is 10.5 Å². The molecule has 1 atom stereocenters. The molecule has 1 saturated heterocycles. The number of amides is 2. The van der Waals surface area contributed by atoms with E-state index in [9.17, 15) is 24.9 Å². The normalized spacial score (nSPS) is 13.1. The molecule has 0 spiro atoms. The number of halogens is 1. The number of nitriles is 2. The molecule has 5 rings (SSSR count). The van der Waals surface area contributed by atoms with E-state index in [1.54, 1.807) is 45.0 Å². The number of benzene rings is 2. The van der Waals surface area contributed by atoms with E-state index in [-0.39, 0.29) is 31.8 Å². The first-order chi connectivity index (χ1) is 31.5. The lowest BCUT2D eigenvalue weighted by atomic mass is 9.96. The summed E-state index contributed by atoms with van der Waals surface area (Å²) in [5.74, 6) is 0.618. The van der Waals surface area contributed by atoms with Gasteiger partial charge in [-0.15, -0.1) is 11.3 Å². The van der Waals surface area contributed by atoms with E-state index in [0.717, 1.165) is 61.5 Å². The molecule has 4 aromatic rings. The van der Waals surface area contributed by atoms with E-state index in [2.05, 4.69) is 27.7 Å². The Kier molecular flexibility index (Phi) is 19.5. The van der Waals surface area contributed by atoms with E-state index in [4.69, 9.17) is 40.5 Å². The number of hydrogen-bond donors (Lipinski definition) is 2. The molecule has 3 heterocycles. The van der Waals surface area contributed by atoms with Gasteiger partial charge in [-0.05, 0) is 97.1 Å². The Bertz CT molecular complexity index is 2330. The number of nitrogens with zero attached hydrogens (tertiary/aromatic N) is 5. The summed E-state index contributed by atoms with van der Waals surface area (Å²) in [5.41, 5.74) is 2.74. The average molecular weight is 959 g/mol. The predicted octanol–water partition coefficient (Wildman–Crippen LogP) is 10.2. The zero-order valence-electron chi connectivity index (χ0n) is 38.7. The number of ether oxygens (including phenoxy) is 4. The van der Waals surface area contributed by atoms with Crippen molar-refractivity contribution >= 4 is 58.5 Å². The van der Waals surface area contributed by atoms with E-state index >= 15 is 0 Å². The van der Waals surface area contributed by atoms with Gasteiger partial charge in [-0.3, -0.25) is 9.59 Å². The molecule has 0 unspecified atom stereocenters. The first kappa shape index (κ1) is 51.6. The number of thiazole rings is 1. The van der Waals surface area contributed by atoms with Crippen LogP contribution in [0.25, 0.3) is 21.7 Å². The Balaban J connectivity index is 1.13. The minimum atomic E-state index is -0.823. The molecule has 0 saturated carbocycles. The molecule has 0 bridgehead atoms. The number of aromatic nitrogens is 2. The summed E-state index contributed by atoms with van der Waals surface area (Å²) in [7, 11) is 0. The molecular weight excluding hydrogens is 898 g/mol. The van der Waals surface area contributed by atoms with Crippen LogP contribution in [0.2, 0.25) is 5.02 Å². The van der Waals surface area contributed by atoms with Gasteiger partial charge in [-0.1, -0.05) is 66.9 Å². The molecule has 2 aromatic heterocycles. The average Bonchev–Trinajstić information content (AvgIpc) is 3.99. The Hall–Kier alpha value is -5.39. The van der Waals surface area contributed by atoms with Gasteiger partial charge in [0.15, 0.2) is 0 Å². The molecule has 352 valence electrons. The van der Waals surface area contributed by atoms with Crippen molar-refractivity contribution in [1.82, 2.24) is 20.6 Å². The van der Waals surface area contributed by atoms with Crippen LogP contribution in [0.1, 0.15) is 110 Å². The zero-order valence-corrected chi connectivity index (χ0v) is 41.1. The summed E-state index contributed by atoms with van der Waals surface area (Å²) < 4.78 is 22.4. The van der Waals surface area contributed by atoms with E-state index in [1.807, 2.05) is 50.4 Å². The lowest BCUT2D eigenvalue weighted by Gasteiger charge is -2.23. The lowest BCUT2D eigenvalue weighted by Crippen LogP contribution is -2.48. The third kappa shape index (κ3) is 16.5. The summed E-state index contributed by atoms with van der Waals surface area (Å²) in [4.78, 5) is 50.1. The fraction of sp³-hybridized carbons (Fsp3) is 0.490. The number of rotatable bonds is 22. The van der Waals surface area contributed by atoms with Gasteiger partial charge in [0.25, 0.3) is 0 Å². The number of unbranched alkanes of at least 4 members (excludes halogenated alkanes) is 3. The summed E-state index contributed by atoms with van der Waals surface area (Å²) in [5, 5.41) is 30.5. The van der Waals surface area contributed by atoms with Crippen LogP contribution in [0.15, 0.2) is 58.9 Å². The number of alkyl carbamates (subject to hydrolysis) is 1. The number of carbonyl (C=O) groups excluding carboxylic acids is 3. The highest BCUT2D eigenvalue weighted by Crippen LogP contribution is 2.40. The number of thioether (sulfide) groups is 1. The van der Waals surface area contributed by atoms with Gasteiger partial charge in [0, 0.05) is 53.5 Å². The van der Waals surface area contributed by atoms with Crippen molar-refractivity contribution < 1.29 is 33.3 Å². The first-order valence-electron chi connectivity index (χ1n) is 22.3.